The Balaban J connectivity index is 1.38. The van der Waals surface area contributed by atoms with Crippen LogP contribution < -0.4 is 4.74 Å². The molecule has 408 valence electrons. The Kier molecular flexibility index (Phi) is 14.9. The summed E-state index contributed by atoms with van der Waals surface area (Å²) in [5, 5.41) is 172. The molecule has 5 atom stereocenters. The zero-order chi connectivity index (χ0) is 57.3. The molecule has 17 N–H and O–H groups in total. The Morgan fingerprint density at radius 3 is 0.949 bits per heavy atom. The molecule has 30 nitrogen and oxygen atoms in total. The van der Waals surface area contributed by atoms with Gasteiger partial charge in [-0.15, -0.1) is 0 Å². The molecule has 1 fully saturated rings. The summed E-state index contributed by atoms with van der Waals surface area (Å²) in [5.74, 6) is -30.3. The third-order valence-corrected chi connectivity index (χ3v) is 10.9. The number of phenols is 17. The van der Waals surface area contributed by atoms with Crippen LogP contribution in [0.25, 0.3) is 0 Å². The lowest BCUT2D eigenvalue weighted by Crippen LogP contribution is -2.63. The third-order valence-electron chi connectivity index (χ3n) is 10.9. The summed E-state index contributed by atoms with van der Waals surface area (Å²) in [6.07, 6.45) is -12.8. The van der Waals surface area contributed by atoms with Crippen molar-refractivity contribution in [2.45, 2.75) is 30.7 Å². The molecule has 7 rings (SSSR count). The molecule has 1 heterocycles. The first-order valence-corrected chi connectivity index (χ1v) is 21.3. The summed E-state index contributed by atoms with van der Waals surface area (Å²) in [6.45, 7) is -1.35. The maximum absolute atomic E-state index is 14.4. The molecule has 0 spiro atoms. The number of rotatable bonds is 13. The van der Waals surface area contributed by atoms with E-state index in [1.165, 1.54) is 0 Å². The minimum absolute atomic E-state index is 0.465. The highest BCUT2D eigenvalue weighted by atomic mass is 16.7. The van der Waals surface area contributed by atoms with E-state index in [9.17, 15) is 116 Å². The molecule has 6 aromatic rings. The van der Waals surface area contributed by atoms with E-state index < -0.39 is 210 Å². The average molecular weight is 1090 g/mol. The molecule has 0 saturated carbocycles. The van der Waals surface area contributed by atoms with E-state index >= 15 is 0 Å². The minimum atomic E-state index is -2.65. The van der Waals surface area contributed by atoms with Crippen molar-refractivity contribution in [2.24, 2.45) is 0 Å². The average Bonchev–Trinajstić information content (AvgIpc) is 3.39. The van der Waals surface area contributed by atoms with E-state index in [2.05, 4.69) is 0 Å². The van der Waals surface area contributed by atoms with Gasteiger partial charge in [-0.2, -0.15) is 0 Å². The molecule has 0 radical (unpaired) electrons. The number of hydrogen-bond donors (Lipinski definition) is 17. The summed E-state index contributed by atoms with van der Waals surface area (Å²) in [4.78, 5) is 82.9. The Bertz CT molecular complexity index is 3340. The second-order valence-electron chi connectivity index (χ2n) is 16.2. The van der Waals surface area contributed by atoms with Gasteiger partial charge < -0.3 is 120 Å². The van der Waals surface area contributed by atoms with Crippen molar-refractivity contribution < 1.29 is 149 Å². The van der Waals surface area contributed by atoms with Crippen LogP contribution in [0.3, 0.4) is 0 Å². The highest BCUT2D eigenvalue weighted by Crippen LogP contribution is 2.43. The fourth-order valence-electron chi connectivity index (χ4n) is 7.06. The Hall–Kier alpha value is -11.3. The third kappa shape index (κ3) is 11.1. The lowest BCUT2D eigenvalue weighted by atomic mass is 9.97. The van der Waals surface area contributed by atoms with Crippen molar-refractivity contribution in [1.82, 2.24) is 0 Å². The SMILES string of the molecule is O=C(OC[C@H]1O[C@@H](OC(=O)c2cc(O)c(O)c(O)c2)[C@H](OC(=O)c2cc(O)c(O)c(O)c2)[C@@H](OC(=O)c2cc(O)c(O)c(O)c2)[C@@H]1OC(=O)c1cc(O)c(O)c(OC(=O)c2cc(O)c(O)c(O)c2)c1)c1cc(O)c(O)c(O)c1. The fourth-order valence-corrected chi connectivity index (χ4v) is 7.06. The van der Waals surface area contributed by atoms with Crippen molar-refractivity contribution >= 4 is 35.8 Å². The zero-order valence-corrected chi connectivity index (χ0v) is 38.4. The van der Waals surface area contributed by atoms with Crippen LogP contribution in [0.1, 0.15) is 62.1 Å². The van der Waals surface area contributed by atoms with Crippen LogP contribution >= 0.6 is 0 Å². The van der Waals surface area contributed by atoms with Gasteiger partial charge in [0.15, 0.2) is 110 Å². The standard InChI is InChI=1S/C48H36O30/c49-20-1-14(2-21(50)33(20)60)42(66)72-13-32-39(75-46(70)19-11-30(59)38(65)31(12-19)73-43(67)15-3-22(51)34(61)23(52)4-15)40(76-44(68)16-5-24(53)35(62)25(54)6-16)41(77-45(69)17-7-26(55)36(63)27(56)8-17)48(74-32)78-47(71)18-9-28(57)37(64)29(58)10-18/h1-12,32,39-41,48-65H,13H2/t32-,39-,40+,41-,48+/m1/s1. The molecule has 1 aliphatic rings. The topological polar surface area (TPSA) is 511 Å². The molecule has 30 heteroatoms. The smallest absolute Gasteiger partial charge is 0.343 e. The van der Waals surface area contributed by atoms with Gasteiger partial charge in [-0.1, -0.05) is 0 Å². The minimum Gasteiger partial charge on any atom is -0.504 e. The van der Waals surface area contributed by atoms with E-state index in [4.69, 9.17) is 33.2 Å². The number of phenolic OH excluding ortho intramolecular Hbond substituents is 17. The van der Waals surface area contributed by atoms with Gasteiger partial charge in [-0.05, 0) is 72.8 Å². The second kappa shape index (κ2) is 21.3. The van der Waals surface area contributed by atoms with Gasteiger partial charge in [0, 0.05) is 0 Å². The second-order valence-corrected chi connectivity index (χ2v) is 16.2. The maximum Gasteiger partial charge on any atom is 0.343 e. The van der Waals surface area contributed by atoms with Gasteiger partial charge in [0.05, 0.1) is 33.4 Å². The van der Waals surface area contributed by atoms with Crippen molar-refractivity contribution in [3.05, 3.63) is 106 Å². The Morgan fingerprint density at radius 2 is 0.590 bits per heavy atom. The van der Waals surface area contributed by atoms with Gasteiger partial charge in [-0.25, -0.2) is 28.8 Å². The zero-order valence-electron chi connectivity index (χ0n) is 38.4. The quantitative estimate of drug-likeness (QED) is 0.0341. The van der Waals surface area contributed by atoms with E-state index in [0.29, 0.717) is 72.8 Å². The molecule has 78 heavy (non-hydrogen) atoms. The van der Waals surface area contributed by atoms with Crippen LogP contribution in [0.2, 0.25) is 0 Å². The van der Waals surface area contributed by atoms with Crippen LogP contribution in [0.4, 0.5) is 0 Å². The molecule has 6 aromatic carbocycles. The van der Waals surface area contributed by atoms with Crippen molar-refractivity contribution in [2.75, 3.05) is 6.61 Å². The summed E-state index contributed by atoms with van der Waals surface area (Å²) in [7, 11) is 0. The predicted molar refractivity (Wildman–Crippen MR) is 244 cm³/mol. The van der Waals surface area contributed by atoms with Gasteiger partial charge in [0.1, 0.15) is 12.7 Å². The summed E-state index contributed by atoms with van der Waals surface area (Å²) >= 11 is 0. The molecular formula is C48H36O30. The monoisotopic (exact) mass is 1090 g/mol. The Labute approximate surface area is 430 Å². The highest BCUT2D eigenvalue weighted by Gasteiger charge is 2.55. The van der Waals surface area contributed by atoms with Crippen LogP contribution in [0.15, 0.2) is 72.8 Å². The van der Waals surface area contributed by atoms with E-state index in [1.807, 2.05) is 0 Å². The van der Waals surface area contributed by atoms with Crippen LogP contribution in [0, 0.1) is 0 Å². The lowest BCUT2D eigenvalue weighted by Gasteiger charge is -2.43. The molecule has 0 unspecified atom stereocenters. The molecule has 1 saturated heterocycles. The van der Waals surface area contributed by atoms with Crippen LogP contribution in [-0.2, 0) is 28.4 Å². The highest BCUT2D eigenvalue weighted by molar-refractivity contribution is 5.96. The molecule has 0 aromatic heterocycles. The predicted octanol–water partition coefficient (Wildman–Crippen LogP) is 2.32. The summed E-state index contributed by atoms with van der Waals surface area (Å²) < 4.78 is 38.6. The first-order chi connectivity index (χ1) is 36.6. The molecule has 0 amide bonds. The number of hydrogen-bond acceptors (Lipinski definition) is 30. The maximum atomic E-state index is 14.4. The van der Waals surface area contributed by atoms with Crippen molar-refractivity contribution in [1.29, 1.82) is 0 Å². The molecule has 1 aliphatic heterocycles. The number of carbonyl (C=O) groups is 6. The van der Waals surface area contributed by atoms with Gasteiger partial charge in [0.25, 0.3) is 0 Å². The largest absolute Gasteiger partial charge is 0.504 e. The number of carbonyl (C=O) groups excluding carboxylic acids is 6. The molecular weight excluding hydrogens is 1060 g/mol. The summed E-state index contributed by atoms with van der Waals surface area (Å²) in [6, 6.07) is 6.36. The molecule has 0 aliphatic carbocycles. The Morgan fingerprint density at radius 1 is 0.321 bits per heavy atom. The lowest BCUT2D eigenvalue weighted by molar-refractivity contribution is -0.282. The fraction of sp³-hybridized carbons (Fsp3) is 0.125. The summed E-state index contributed by atoms with van der Waals surface area (Å²) in [5.41, 5.74) is -4.96. The van der Waals surface area contributed by atoms with E-state index in [-0.39, 0.29) is 0 Å². The van der Waals surface area contributed by atoms with Crippen molar-refractivity contribution in [3.63, 3.8) is 0 Å². The first-order valence-electron chi connectivity index (χ1n) is 21.3. The van der Waals surface area contributed by atoms with E-state index in [0.717, 1.165) is 0 Å². The number of benzene rings is 6. The van der Waals surface area contributed by atoms with Crippen LogP contribution in [-0.4, -0.2) is 160 Å². The van der Waals surface area contributed by atoms with Crippen molar-refractivity contribution in [3.8, 4) is 103 Å². The van der Waals surface area contributed by atoms with Crippen LogP contribution in [0.5, 0.6) is 103 Å². The first kappa shape index (κ1) is 54.5. The van der Waals surface area contributed by atoms with Gasteiger partial charge >= 0.3 is 35.8 Å². The normalized spacial score (nSPS) is 16.7. The number of aromatic hydroxyl groups is 17. The number of esters is 6. The number of ether oxygens (including phenoxy) is 7. The van der Waals surface area contributed by atoms with Gasteiger partial charge in [-0.3, -0.25) is 0 Å². The molecule has 0 bridgehead atoms. The van der Waals surface area contributed by atoms with Gasteiger partial charge in [0.2, 0.25) is 18.1 Å². The van der Waals surface area contributed by atoms with E-state index in [1.54, 1.807) is 0 Å².